The van der Waals surface area contributed by atoms with Gasteiger partial charge in [0.2, 0.25) is 10.0 Å². The molecule has 0 radical (unpaired) electrons. The van der Waals surface area contributed by atoms with Gasteiger partial charge in [-0.1, -0.05) is 18.2 Å². The molecule has 1 amide bonds. The molecule has 7 nitrogen and oxygen atoms in total. The lowest BCUT2D eigenvalue weighted by molar-refractivity contribution is -0.129. The number of benzene rings is 2. The molecule has 0 aliphatic heterocycles. The van der Waals surface area contributed by atoms with E-state index in [9.17, 15) is 22.4 Å². The second-order valence-electron chi connectivity index (χ2n) is 6.28. The number of halogens is 1. The summed E-state index contributed by atoms with van der Waals surface area (Å²) in [6.07, 6.45) is -0.0888. The van der Waals surface area contributed by atoms with E-state index in [1.165, 1.54) is 43.3 Å². The van der Waals surface area contributed by atoms with Crippen molar-refractivity contribution in [3.05, 3.63) is 65.5 Å². The molecule has 28 heavy (non-hydrogen) atoms. The van der Waals surface area contributed by atoms with E-state index in [1.54, 1.807) is 19.1 Å². The third kappa shape index (κ3) is 6.34. The Balaban J connectivity index is 1.98. The highest BCUT2D eigenvalue weighted by molar-refractivity contribution is 7.92. The number of ether oxygens (including phenoxy) is 1. The fourth-order valence-electron chi connectivity index (χ4n) is 2.37. The van der Waals surface area contributed by atoms with E-state index in [-0.39, 0.29) is 17.1 Å². The molecule has 2 rings (SSSR count). The van der Waals surface area contributed by atoms with Crippen LogP contribution in [0, 0.1) is 5.82 Å². The summed E-state index contributed by atoms with van der Waals surface area (Å²) in [4.78, 5) is 24.5. The van der Waals surface area contributed by atoms with Crippen LogP contribution in [0.4, 0.5) is 10.1 Å². The third-order valence-electron chi connectivity index (χ3n) is 3.78. The monoisotopic (exact) mass is 408 g/mol. The molecule has 0 bridgehead atoms. The van der Waals surface area contributed by atoms with Crippen LogP contribution in [-0.2, 0) is 19.6 Å². The van der Waals surface area contributed by atoms with E-state index in [1.807, 2.05) is 0 Å². The second kappa shape index (κ2) is 8.83. The van der Waals surface area contributed by atoms with E-state index in [0.29, 0.717) is 5.56 Å². The summed E-state index contributed by atoms with van der Waals surface area (Å²) in [5, 5.41) is 2.68. The number of nitrogens with one attached hydrogen (secondary N) is 2. The molecule has 0 saturated carbocycles. The van der Waals surface area contributed by atoms with Crippen LogP contribution in [0.25, 0.3) is 0 Å². The number of rotatable bonds is 7. The van der Waals surface area contributed by atoms with Gasteiger partial charge in [0.05, 0.1) is 17.9 Å². The molecular formula is C19H21FN2O5S. The summed E-state index contributed by atoms with van der Waals surface area (Å²) < 4.78 is 43.0. The quantitative estimate of drug-likeness (QED) is 0.686. The number of carbonyl (C=O) groups is 2. The first kappa shape index (κ1) is 21.4. The highest BCUT2D eigenvalue weighted by Crippen LogP contribution is 2.15. The van der Waals surface area contributed by atoms with E-state index in [2.05, 4.69) is 10.0 Å². The Morgan fingerprint density at radius 1 is 1.07 bits per heavy atom. The Morgan fingerprint density at radius 3 is 2.32 bits per heavy atom. The van der Waals surface area contributed by atoms with Gasteiger partial charge in [0.25, 0.3) is 5.91 Å². The maximum Gasteiger partial charge on any atom is 0.338 e. The van der Waals surface area contributed by atoms with Crippen molar-refractivity contribution in [2.45, 2.75) is 26.0 Å². The first-order chi connectivity index (χ1) is 13.0. The Morgan fingerprint density at radius 2 is 1.71 bits per heavy atom. The van der Waals surface area contributed by atoms with Crippen LogP contribution in [-0.4, -0.2) is 32.7 Å². The summed E-state index contributed by atoms with van der Waals surface area (Å²) in [6.45, 7) is 3.14. The van der Waals surface area contributed by atoms with Crippen LogP contribution in [0.2, 0.25) is 0 Å². The molecular weight excluding hydrogens is 387 g/mol. The van der Waals surface area contributed by atoms with Crippen LogP contribution >= 0.6 is 0 Å². The lowest BCUT2D eigenvalue weighted by Crippen LogP contribution is -2.37. The van der Waals surface area contributed by atoms with Gasteiger partial charge in [-0.2, -0.15) is 0 Å². The molecule has 2 N–H and O–H groups in total. The molecule has 0 saturated heterocycles. The van der Waals surface area contributed by atoms with Crippen LogP contribution in [0.5, 0.6) is 0 Å². The van der Waals surface area contributed by atoms with Crippen molar-refractivity contribution in [1.82, 2.24) is 5.32 Å². The first-order valence-electron chi connectivity index (χ1n) is 8.40. The zero-order chi connectivity index (χ0) is 20.9. The lowest BCUT2D eigenvalue weighted by Gasteiger charge is -2.18. The van der Waals surface area contributed by atoms with Crippen LogP contribution in [0.15, 0.2) is 48.5 Å². The maximum absolute atomic E-state index is 13.0. The largest absolute Gasteiger partial charge is 0.449 e. The van der Waals surface area contributed by atoms with Gasteiger partial charge in [0, 0.05) is 5.69 Å². The number of hydrogen-bond acceptors (Lipinski definition) is 5. The van der Waals surface area contributed by atoms with Gasteiger partial charge in [0.1, 0.15) is 5.82 Å². The number of hydrogen-bond donors (Lipinski definition) is 2. The number of sulfonamides is 1. The molecule has 0 spiro atoms. The van der Waals surface area contributed by atoms with Gasteiger partial charge in [-0.15, -0.1) is 0 Å². The molecule has 0 aliphatic carbocycles. The SMILES string of the molecule is CC(OC(=O)c1cccc(NS(C)(=O)=O)c1)C(=O)NC(C)c1ccc(F)cc1. The van der Waals surface area contributed by atoms with Gasteiger partial charge in [-0.25, -0.2) is 17.6 Å². The minimum Gasteiger partial charge on any atom is -0.449 e. The van der Waals surface area contributed by atoms with Crippen molar-refractivity contribution in [2.75, 3.05) is 11.0 Å². The zero-order valence-electron chi connectivity index (χ0n) is 15.6. The lowest BCUT2D eigenvalue weighted by atomic mass is 10.1. The number of carbonyl (C=O) groups excluding carboxylic acids is 2. The number of anilines is 1. The number of esters is 1. The maximum atomic E-state index is 13.0. The average molecular weight is 408 g/mol. The number of amides is 1. The Labute approximate surface area is 163 Å². The first-order valence-corrected chi connectivity index (χ1v) is 10.3. The minimum absolute atomic E-state index is 0.0971. The van der Waals surface area contributed by atoms with Crippen LogP contribution in [0.1, 0.15) is 35.8 Å². The van der Waals surface area contributed by atoms with Crippen molar-refractivity contribution >= 4 is 27.6 Å². The van der Waals surface area contributed by atoms with Crippen molar-refractivity contribution < 1.29 is 27.1 Å². The fourth-order valence-corrected chi connectivity index (χ4v) is 2.93. The van der Waals surface area contributed by atoms with Gasteiger partial charge < -0.3 is 10.1 Å². The van der Waals surface area contributed by atoms with Crippen LogP contribution in [0.3, 0.4) is 0 Å². The Hall–Kier alpha value is -2.94. The molecule has 0 aromatic heterocycles. The predicted octanol–water partition coefficient (Wildman–Crippen LogP) is 2.62. The topological polar surface area (TPSA) is 102 Å². The highest BCUT2D eigenvalue weighted by Gasteiger charge is 2.21. The van der Waals surface area contributed by atoms with E-state index in [0.717, 1.165) is 6.26 Å². The predicted molar refractivity (Wildman–Crippen MR) is 103 cm³/mol. The average Bonchev–Trinajstić information content (AvgIpc) is 2.60. The summed E-state index contributed by atoms with van der Waals surface area (Å²) in [7, 11) is -3.49. The summed E-state index contributed by atoms with van der Waals surface area (Å²) in [5.41, 5.74) is 1.01. The molecule has 9 heteroatoms. The molecule has 0 aliphatic rings. The summed E-state index contributed by atoms with van der Waals surface area (Å²) in [5.74, 6) is -1.66. The van der Waals surface area contributed by atoms with Crippen molar-refractivity contribution in [3.8, 4) is 0 Å². The fraction of sp³-hybridized carbons (Fsp3) is 0.263. The summed E-state index contributed by atoms with van der Waals surface area (Å²) >= 11 is 0. The van der Waals surface area contributed by atoms with Crippen LogP contribution < -0.4 is 10.0 Å². The molecule has 2 aromatic carbocycles. The van der Waals surface area contributed by atoms with Gasteiger partial charge in [0.15, 0.2) is 6.10 Å². The van der Waals surface area contributed by atoms with E-state index in [4.69, 9.17) is 4.74 Å². The second-order valence-corrected chi connectivity index (χ2v) is 8.03. The zero-order valence-corrected chi connectivity index (χ0v) is 16.4. The molecule has 150 valence electrons. The molecule has 2 unspecified atom stereocenters. The van der Waals surface area contributed by atoms with Crippen molar-refractivity contribution in [1.29, 1.82) is 0 Å². The minimum atomic E-state index is -3.49. The molecule has 0 fully saturated rings. The van der Waals surface area contributed by atoms with E-state index >= 15 is 0 Å². The third-order valence-corrected chi connectivity index (χ3v) is 4.39. The van der Waals surface area contributed by atoms with Crippen molar-refractivity contribution in [2.24, 2.45) is 0 Å². The molecule has 0 heterocycles. The molecule has 2 aromatic rings. The Kier molecular flexibility index (Phi) is 6.74. The van der Waals surface area contributed by atoms with Gasteiger partial charge >= 0.3 is 5.97 Å². The Bertz CT molecular complexity index is 961. The van der Waals surface area contributed by atoms with E-state index < -0.39 is 34.0 Å². The van der Waals surface area contributed by atoms with Crippen molar-refractivity contribution in [3.63, 3.8) is 0 Å². The standard InChI is InChI=1S/C19H21FN2O5S/c1-12(14-7-9-16(20)10-8-14)21-18(23)13(2)27-19(24)15-5-4-6-17(11-15)22-28(3,25)26/h4-13,22H,1-3H3,(H,21,23). The van der Waals surface area contributed by atoms with Gasteiger partial charge in [-0.05, 0) is 49.7 Å². The molecule has 2 atom stereocenters. The summed E-state index contributed by atoms with van der Waals surface area (Å²) in [6, 6.07) is 11.0. The highest BCUT2D eigenvalue weighted by atomic mass is 32.2. The normalized spacial score (nSPS) is 13.3. The van der Waals surface area contributed by atoms with Gasteiger partial charge in [-0.3, -0.25) is 9.52 Å². The smallest absolute Gasteiger partial charge is 0.338 e.